The zero-order chi connectivity index (χ0) is 13.9. The second-order valence-corrected chi connectivity index (χ2v) is 7.02. The van der Waals surface area contributed by atoms with E-state index >= 15 is 0 Å². The van der Waals surface area contributed by atoms with Crippen LogP contribution in [0.25, 0.3) is 0 Å². The highest BCUT2D eigenvalue weighted by Crippen LogP contribution is 2.26. The summed E-state index contributed by atoms with van der Waals surface area (Å²) in [5.41, 5.74) is 0.0568. The van der Waals surface area contributed by atoms with Crippen LogP contribution in [0.2, 0.25) is 0 Å². The Bertz CT molecular complexity index is 272. The lowest BCUT2D eigenvalue weighted by Gasteiger charge is -2.40. The maximum absolute atomic E-state index is 5.80. The largest absolute Gasteiger partial charge is 0.375 e. The fourth-order valence-electron chi connectivity index (χ4n) is 3.65. The summed E-state index contributed by atoms with van der Waals surface area (Å²) in [5.74, 6) is 0.855. The molecule has 3 heteroatoms. The molecule has 2 fully saturated rings. The average Bonchev–Trinajstić information content (AvgIpc) is 2.37. The number of likely N-dealkylation sites (tertiary alicyclic amines) is 1. The van der Waals surface area contributed by atoms with Gasteiger partial charge in [0.1, 0.15) is 0 Å². The quantitative estimate of drug-likeness (QED) is 0.848. The highest BCUT2D eigenvalue weighted by atomic mass is 16.5. The molecule has 0 spiro atoms. The van der Waals surface area contributed by atoms with Gasteiger partial charge in [0, 0.05) is 18.7 Å². The van der Waals surface area contributed by atoms with E-state index in [0.29, 0.717) is 12.1 Å². The third kappa shape index (κ3) is 4.44. The Balaban J connectivity index is 1.76. The minimum absolute atomic E-state index is 0.0568. The minimum Gasteiger partial charge on any atom is -0.375 e. The minimum atomic E-state index is 0.0568. The summed E-state index contributed by atoms with van der Waals surface area (Å²) < 4.78 is 5.80. The van der Waals surface area contributed by atoms with Gasteiger partial charge in [-0.2, -0.15) is 0 Å². The maximum atomic E-state index is 5.80. The molecule has 0 saturated carbocycles. The van der Waals surface area contributed by atoms with Crippen LogP contribution in [-0.2, 0) is 4.74 Å². The predicted molar refractivity (Wildman–Crippen MR) is 80.5 cm³/mol. The maximum Gasteiger partial charge on any atom is 0.0641 e. The van der Waals surface area contributed by atoms with Gasteiger partial charge in [0.05, 0.1) is 5.60 Å². The lowest BCUT2D eigenvalue weighted by molar-refractivity contribution is -0.0650. The first-order valence-corrected chi connectivity index (χ1v) is 8.12. The Kier molecular flexibility index (Phi) is 5.27. The van der Waals surface area contributed by atoms with Gasteiger partial charge in [-0.3, -0.25) is 0 Å². The smallest absolute Gasteiger partial charge is 0.0641 e. The number of nitrogens with one attached hydrogen (secondary N) is 1. The van der Waals surface area contributed by atoms with Gasteiger partial charge < -0.3 is 15.0 Å². The molecule has 0 radical (unpaired) electrons. The summed E-state index contributed by atoms with van der Waals surface area (Å²) in [5, 5.41) is 3.88. The SMILES string of the molecule is CCN1CCC(C(C)NC2CCOC(C)(C)C2)CC1. The second kappa shape index (κ2) is 6.55. The van der Waals surface area contributed by atoms with E-state index in [2.05, 4.69) is 37.9 Å². The van der Waals surface area contributed by atoms with Crippen molar-refractivity contribution >= 4 is 0 Å². The summed E-state index contributed by atoms with van der Waals surface area (Å²) in [7, 11) is 0. The van der Waals surface area contributed by atoms with Crippen LogP contribution < -0.4 is 5.32 Å². The van der Waals surface area contributed by atoms with Crippen molar-refractivity contribution < 1.29 is 4.74 Å². The lowest BCUT2D eigenvalue weighted by Crippen LogP contribution is -2.50. The molecule has 2 aliphatic heterocycles. The molecule has 112 valence electrons. The first-order valence-electron chi connectivity index (χ1n) is 8.12. The van der Waals surface area contributed by atoms with E-state index in [4.69, 9.17) is 4.74 Å². The zero-order valence-electron chi connectivity index (χ0n) is 13.2. The van der Waals surface area contributed by atoms with Crippen LogP contribution in [0.1, 0.15) is 53.4 Å². The molecule has 0 aromatic rings. The van der Waals surface area contributed by atoms with Crippen molar-refractivity contribution in [1.29, 1.82) is 0 Å². The van der Waals surface area contributed by atoms with Gasteiger partial charge in [0.25, 0.3) is 0 Å². The van der Waals surface area contributed by atoms with E-state index in [0.717, 1.165) is 18.9 Å². The van der Waals surface area contributed by atoms with E-state index in [9.17, 15) is 0 Å². The first-order chi connectivity index (χ1) is 9.00. The molecule has 0 aromatic carbocycles. The number of nitrogens with zero attached hydrogens (tertiary/aromatic N) is 1. The van der Waals surface area contributed by atoms with Crippen molar-refractivity contribution in [3.63, 3.8) is 0 Å². The molecule has 0 aromatic heterocycles. The number of hydrogen-bond donors (Lipinski definition) is 1. The summed E-state index contributed by atoms with van der Waals surface area (Å²) >= 11 is 0. The van der Waals surface area contributed by atoms with Crippen LogP contribution in [0.15, 0.2) is 0 Å². The van der Waals surface area contributed by atoms with Gasteiger partial charge >= 0.3 is 0 Å². The van der Waals surface area contributed by atoms with Crippen LogP contribution in [-0.4, -0.2) is 48.8 Å². The molecule has 0 aliphatic carbocycles. The Morgan fingerprint density at radius 1 is 1.26 bits per heavy atom. The van der Waals surface area contributed by atoms with Crippen molar-refractivity contribution in [1.82, 2.24) is 10.2 Å². The molecule has 0 bridgehead atoms. The van der Waals surface area contributed by atoms with Gasteiger partial charge in [-0.05, 0) is 72.0 Å². The van der Waals surface area contributed by atoms with E-state index in [-0.39, 0.29) is 5.60 Å². The highest BCUT2D eigenvalue weighted by molar-refractivity contribution is 4.87. The molecular formula is C16H32N2O. The molecule has 2 atom stereocenters. The standard InChI is InChI=1S/C16H32N2O/c1-5-18-9-6-14(7-10-18)13(2)17-15-8-11-19-16(3,4)12-15/h13-15,17H,5-12H2,1-4H3. The summed E-state index contributed by atoms with van der Waals surface area (Å²) in [6.07, 6.45) is 5.02. The number of hydrogen-bond acceptors (Lipinski definition) is 3. The third-order valence-corrected chi connectivity index (χ3v) is 4.98. The van der Waals surface area contributed by atoms with Crippen molar-refractivity contribution in [3.8, 4) is 0 Å². The van der Waals surface area contributed by atoms with Crippen LogP contribution in [0.3, 0.4) is 0 Å². The molecule has 0 amide bonds. The van der Waals surface area contributed by atoms with Gasteiger partial charge in [-0.15, -0.1) is 0 Å². The molecule has 2 heterocycles. The number of rotatable bonds is 4. The van der Waals surface area contributed by atoms with Crippen LogP contribution >= 0.6 is 0 Å². The van der Waals surface area contributed by atoms with E-state index in [1.54, 1.807) is 0 Å². The highest BCUT2D eigenvalue weighted by Gasteiger charge is 2.31. The first kappa shape index (κ1) is 15.3. The Morgan fingerprint density at radius 2 is 1.95 bits per heavy atom. The molecule has 1 N–H and O–H groups in total. The van der Waals surface area contributed by atoms with Gasteiger partial charge in [-0.1, -0.05) is 6.92 Å². The van der Waals surface area contributed by atoms with Crippen LogP contribution in [0, 0.1) is 5.92 Å². The summed E-state index contributed by atoms with van der Waals surface area (Å²) in [6, 6.07) is 1.29. The molecule has 2 saturated heterocycles. The van der Waals surface area contributed by atoms with E-state index < -0.39 is 0 Å². The Hall–Kier alpha value is -0.120. The van der Waals surface area contributed by atoms with Crippen molar-refractivity contribution in [2.24, 2.45) is 5.92 Å². The second-order valence-electron chi connectivity index (χ2n) is 7.02. The normalized spacial score (nSPS) is 31.3. The lowest BCUT2D eigenvalue weighted by atomic mass is 9.88. The van der Waals surface area contributed by atoms with Gasteiger partial charge in [-0.25, -0.2) is 0 Å². The average molecular weight is 268 g/mol. The van der Waals surface area contributed by atoms with Gasteiger partial charge in [0.15, 0.2) is 0 Å². The topological polar surface area (TPSA) is 24.5 Å². The van der Waals surface area contributed by atoms with Crippen molar-refractivity contribution in [3.05, 3.63) is 0 Å². The van der Waals surface area contributed by atoms with E-state index in [1.807, 2.05) is 0 Å². The van der Waals surface area contributed by atoms with Crippen LogP contribution in [0.5, 0.6) is 0 Å². The summed E-state index contributed by atoms with van der Waals surface area (Å²) in [4.78, 5) is 2.57. The fourth-order valence-corrected chi connectivity index (χ4v) is 3.65. The predicted octanol–water partition coefficient (Wildman–Crippen LogP) is 2.65. The molecule has 19 heavy (non-hydrogen) atoms. The van der Waals surface area contributed by atoms with Crippen LogP contribution in [0.4, 0.5) is 0 Å². The van der Waals surface area contributed by atoms with Gasteiger partial charge in [0.2, 0.25) is 0 Å². The van der Waals surface area contributed by atoms with Crippen molar-refractivity contribution in [2.45, 2.75) is 71.1 Å². The third-order valence-electron chi connectivity index (χ3n) is 4.98. The number of piperidine rings is 1. The molecule has 2 aliphatic rings. The van der Waals surface area contributed by atoms with Crippen molar-refractivity contribution in [2.75, 3.05) is 26.2 Å². The summed E-state index contributed by atoms with van der Waals surface area (Å²) in [6.45, 7) is 13.8. The fraction of sp³-hybridized carbons (Fsp3) is 1.00. The number of ether oxygens (including phenoxy) is 1. The van der Waals surface area contributed by atoms with E-state index in [1.165, 1.54) is 38.9 Å². The monoisotopic (exact) mass is 268 g/mol. The Morgan fingerprint density at radius 3 is 2.53 bits per heavy atom. The molecule has 2 rings (SSSR count). The Labute approximate surface area is 119 Å². The zero-order valence-corrected chi connectivity index (χ0v) is 13.2. The molecule has 2 unspecified atom stereocenters. The molecular weight excluding hydrogens is 236 g/mol. The molecule has 3 nitrogen and oxygen atoms in total.